The number of halogens is 1. The number of rotatable bonds is 13. The Labute approximate surface area is 242 Å². The number of piperazine rings is 1. The fourth-order valence-corrected chi connectivity index (χ4v) is 6.16. The van der Waals surface area contributed by atoms with E-state index in [2.05, 4.69) is 15.0 Å². The van der Waals surface area contributed by atoms with Gasteiger partial charge in [-0.2, -0.15) is 0 Å². The molecule has 1 aromatic heterocycles. The van der Waals surface area contributed by atoms with Gasteiger partial charge in [-0.3, -0.25) is 14.5 Å². The predicted molar refractivity (Wildman–Crippen MR) is 158 cm³/mol. The molecule has 5 rings (SSSR count). The van der Waals surface area contributed by atoms with Gasteiger partial charge in [0.15, 0.2) is 17.2 Å². The van der Waals surface area contributed by atoms with Gasteiger partial charge >= 0.3 is 5.97 Å². The number of carbonyl (C=O) groups is 2. The first-order valence-electron chi connectivity index (χ1n) is 15.4. The Morgan fingerprint density at radius 1 is 0.902 bits per heavy atom. The van der Waals surface area contributed by atoms with E-state index in [0.29, 0.717) is 29.7 Å². The molecule has 0 bridgehead atoms. The summed E-state index contributed by atoms with van der Waals surface area (Å²) in [6.45, 7) is 4.20. The number of unbranched alkanes of at least 4 members (excludes halogenated alkanes) is 2. The molecule has 8 heteroatoms. The molecular formula is C33H42FN3O4. The van der Waals surface area contributed by atoms with Crippen LogP contribution in [-0.2, 0) is 4.79 Å². The van der Waals surface area contributed by atoms with Gasteiger partial charge in [-0.1, -0.05) is 56.5 Å². The third kappa shape index (κ3) is 8.38. The van der Waals surface area contributed by atoms with E-state index in [1.165, 1.54) is 57.1 Å². The molecule has 0 radical (unpaired) electrons. The molecule has 1 saturated carbocycles. The lowest BCUT2D eigenvalue weighted by atomic mass is 9.85. The maximum Gasteiger partial charge on any atom is 0.311 e. The smallest absolute Gasteiger partial charge is 0.311 e. The molecule has 3 aromatic rings. The summed E-state index contributed by atoms with van der Waals surface area (Å²) in [7, 11) is 0. The third-order valence-corrected chi connectivity index (χ3v) is 8.59. The molecule has 220 valence electrons. The molecule has 7 nitrogen and oxygen atoms in total. The molecule has 2 aromatic carbocycles. The van der Waals surface area contributed by atoms with Gasteiger partial charge in [0.1, 0.15) is 11.6 Å². The molecule has 2 heterocycles. The quantitative estimate of drug-likeness (QED) is 0.0943. The van der Waals surface area contributed by atoms with E-state index in [-0.39, 0.29) is 17.6 Å². The Balaban J connectivity index is 1.01. The van der Waals surface area contributed by atoms with Gasteiger partial charge in [-0.15, -0.1) is 0 Å². The highest BCUT2D eigenvalue weighted by atomic mass is 19.1. The fraction of sp³-hybridized carbons (Fsp3) is 0.545. The number of fused-ring (bicyclic) bond motifs is 1. The number of Topliss-reactive ketones (excluding diaryl/α,β-unsaturated/α-hetero) is 1. The van der Waals surface area contributed by atoms with Crippen LogP contribution in [0.15, 0.2) is 47.0 Å². The maximum absolute atomic E-state index is 13.1. The molecule has 0 atom stereocenters. The highest BCUT2D eigenvalue weighted by molar-refractivity contribution is 5.96. The normalized spacial score (nSPS) is 16.8. The first-order chi connectivity index (χ1) is 20.0. The second-order valence-electron chi connectivity index (χ2n) is 11.6. The molecule has 2 fully saturated rings. The molecule has 0 spiro atoms. The van der Waals surface area contributed by atoms with Crippen molar-refractivity contribution < 1.29 is 23.2 Å². The molecule has 1 saturated heterocycles. The number of hydrogen-bond donors (Lipinski definition) is 0. The lowest BCUT2D eigenvalue weighted by Crippen LogP contribution is -2.46. The summed E-state index contributed by atoms with van der Waals surface area (Å²) in [5.41, 5.74) is 1.17. The van der Waals surface area contributed by atoms with Crippen molar-refractivity contribution in [2.24, 2.45) is 5.92 Å². The minimum atomic E-state index is -0.330. The highest BCUT2D eigenvalue weighted by Crippen LogP contribution is 2.31. The van der Waals surface area contributed by atoms with Crippen molar-refractivity contribution in [1.29, 1.82) is 0 Å². The standard InChI is InChI=1S/C33H42FN3O4/c34-27-15-13-26(14-16-27)30(38)11-7-19-36-20-22-37(23-21-36)33-29-18-17-28(24-31(29)41-35-33)40-32(39)12-6-2-5-10-25-8-3-1-4-9-25/h13-18,24-25H,1-12,19-23H2. The first kappa shape index (κ1) is 29.2. The van der Waals surface area contributed by atoms with Gasteiger partial charge in [-0.05, 0) is 61.7 Å². The fourth-order valence-electron chi connectivity index (χ4n) is 6.16. The Hall–Kier alpha value is -3.26. The molecule has 0 unspecified atom stereocenters. The SMILES string of the molecule is O=C(CCCCCC1CCCCC1)Oc1ccc2c(N3CCN(CCCC(=O)c4ccc(F)cc4)CC3)noc2c1. The van der Waals surface area contributed by atoms with E-state index >= 15 is 0 Å². The first-order valence-corrected chi connectivity index (χ1v) is 15.4. The second kappa shape index (κ2) is 14.6. The zero-order valence-corrected chi connectivity index (χ0v) is 24.0. The molecule has 1 aliphatic carbocycles. The topological polar surface area (TPSA) is 75.9 Å². The molecule has 2 aliphatic rings. The number of ketones is 1. The van der Waals surface area contributed by atoms with Gasteiger partial charge in [0.2, 0.25) is 0 Å². The molecular weight excluding hydrogens is 521 g/mol. The lowest BCUT2D eigenvalue weighted by Gasteiger charge is -2.34. The Bertz CT molecular complexity index is 1280. The Morgan fingerprint density at radius 2 is 1.68 bits per heavy atom. The van der Waals surface area contributed by atoms with E-state index in [1.54, 1.807) is 18.2 Å². The number of aromatic nitrogens is 1. The van der Waals surface area contributed by atoms with Crippen LogP contribution >= 0.6 is 0 Å². The average molecular weight is 564 g/mol. The number of benzene rings is 2. The van der Waals surface area contributed by atoms with E-state index in [1.807, 2.05) is 12.1 Å². The van der Waals surface area contributed by atoms with Crippen LogP contribution in [0.1, 0.15) is 87.4 Å². The van der Waals surface area contributed by atoms with Gasteiger partial charge in [0.05, 0.1) is 5.39 Å². The lowest BCUT2D eigenvalue weighted by molar-refractivity contribution is -0.134. The average Bonchev–Trinajstić information content (AvgIpc) is 3.41. The van der Waals surface area contributed by atoms with Crippen molar-refractivity contribution in [3.8, 4) is 5.75 Å². The number of ether oxygens (including phenoxy) is 1. The van der Waals surface area contributed by atoms with Crippen LogP contribution in [0.2, 0.25) is 0 Å². The van der Waals surface area contributed by atoms with Crippen LogP contribution in [0.25, 0.3) is 11.0 Å². The van der Waals surface area contributed by atoms with Crippen LogP contribution in [0, 0.1) is 11.7 Å². The van der Waals surface area contributed by atoms with Gasteiger partial charge in [0.25, 0.3) is 0 Å². The van der Waals surface area contributed by atoms with Crippen LogP contribution in [0.3, 0.4) is 0 Å². The number of carbonyl (C=O) groups excluding carboxylic acids is 2. The zero-order valence-electron chi connectivity index (χ0n) is 24.0. The molecule has 1 aliphatic heterocycles. The predicted octanol–water partition coefficient (Wildman–Crippen LogP) is 7.19. The van der Waals surface area contributed by atoms with E-state index < -0.39 is 0 Å². The number of esters is 1. The third-order valence-electron chi connectivity index (χ3n) is 8.59. The monoisotopic (exact) mass is 563 g/mol. The molecule has 41 heavy (non-hydrogen) atoms. The van der Waals surface area contributed by atoms with Crippen molar-refractivity contribution >= 4 is 28.5 Å². The van der Waals surface area contributed by atoms with Crippen molar-refractivity contribution in [3.63, 3.8) is 0 Å². The van der Waals surface area contributed by atoms with Crippen molar-refractivity contribution in [2.45, 2.75) is 77.0 Å². The van der Waals surface area contributed by atoms with Gasteiger partial charge in [0, 0.05) is 50.7 Å². The van der Waals surface area contributed by atoms with Gasteiger partial charge < -0.3 is 14.2 Å². The second-order valence-corrected chi connectivity index (χ2v) is 11.6. The van der Waals surface area contributed by atoms with E-state index in [9.17, 15) is 14.0 Å². The number of hydrogen-bond acceptors (Lipinski definition) is 7. The molecule has 0 N–H and O–H groups in total. The maximum atomic E-state index is 13.1. The van der Waals surface area contributed by atoms with Crippen molar-refractivity contribution in [1.82, 2.24) is 10.1 Å². The summed E-state index contributed by atoms with van der Waals surface area (Å²) in [4.78, 5) is 29.3. The van der Waals surface area contributed by atoms with E-state index in [4.69, 9.17) is 9.26 Å². The van der Waals surface area contributed by atoms with Gasteiger partial charge in [-0.25, -0.2) is 4.39 Å². The Morgan fingerprint density at radius 3 is 2.46 bits per heavy atom. The highest BCUT2D eigenvalue weighted by Gasteiger charge is 2.22. The summed E-state index contributed by atoms with van der Waals surface area (Å²) in [6, 6.07) is 11.2. The van der Waals surface area contributed by atoms with Crippen LogP contribution in [-0.4, -0.2) is 54.5 Å². The Kier molecular flexibility index (Phi) is 10.4. The largest absolute Gasteiger partial charge is 0.426 e. The summed E-state index contributed by atoms with van der Waals surface area (Å²) in [5.74, 6) is 1.72. The van der Waals surface area contributed by atoms with Crippen LogP contribution < -0.4 is 9.64 Å². The van der Waals surface area contributed by atoms with Crippen LogP contribution in [0.4, 0.5) is 10.2 Å². The minimum Gasteiger partial charge on any atom is -0.426 e. The van der Waals surface area contributed by atoms with Crippen LogP contribution in [0.5, 0.6) is 5.75 Å². The minimum absolute atomic E-state index is 0.0487. The van der Waals surface area contributed by atoms with Crippen molar-refractivity contribution in [2.75, 3.05) is 37.6 Å². The van der Waals surface area contributed by atoms with Crippen molar-refractivity contribution in [3.05, 3.63) is 53.8 Å². The zero-order chi connectivity index (χ0) is 28.4. The molecule has 0 amide bonds. The summed E-state index contributed by atoms with van der Waals surface area (Å²) in [5, 5.41) is 5.23. The number of anilines is 1. The summed E-state index contributed by atoms with van der Waals surface area (Å²) < 4.78 is 24.3. The van der Waals surface area contributed by atoms with E-state index in [0.717, 1.165) is 69.1 Å². The summed E-state index contributed by atoms with van der Waals surface area (Å²) >= 11 is 0. The summed E-state index contributed by atoms with van der Waals surface area (Å²) in [6.07, 6.45) is 13.1. The number of nitrogens with zero attached hydrogens (tertiary/aromatic N) is 3.